The number of pyridine rings is 1. The molecule has 0 atom stereocenters. The van der Waals surface area contributed by atoms with Crippen molar-refractivity contribution in [3.05, 3.63) is 34.1 Å². The molecular formula is C11H5F4NO3. The van der Waals surface area contributed by atoms with Crippen molar-refractivity contribution < 1.29 is 27.0 Å². The normalized spacial score (nSPS) is 16.3. The van der Waals surface area contributed by atoms with Crippen molar-refractivity contribution in [2.24, 2.45) is 0 Å². The van der Waals surface area contributed by atoms with Crippen molar-refractivity contribution in [3.8, 4) is 11.5 Å². The molecule has 4 nitrogen and oxygen atoms in total. The van der Waals surface area contributed by atoms with E-state index in [1.54, 1.807) is 0 Å². The molecule has 1 aliphatic rings. The zero-order valence-corrected chi connectivity index (χ0v) is 9.05. The maximum atomic E-state index is 12.8. The van der Waals surface area contributed by atoms with Gasteiger partial charge in [0.1, 0.15) is 0 Å². The summed E-state index contributed by atoms with van der Waals surface area (Å²) in [4.78, 5) is 13.9. The van der Waals surface area contributed by atoms with E-state index in [9.17, 15) is 22.4 Å². The third-order valence-electron chi connectivity index (χ3n) is 2.61. The summed E-state index contributed by atoms with van der Waals surface area (Å²) in [5, 5.41) is -0.0375. The van der Waals surface area contributed by atoms with Crippen LogP contribution in [-0.4, -0.2) is 11.3 Å². The molecule has 0 fully saturated rings. The summed E-state index contributed by atoms with van der Waals surface area (Å²) in [6.07, 6.45) is -6.70. The summed E-state index contributed by atoms with van der Waals surface area (Å²) >= 11 is 0. The summed E-state index contributed by atoms with van der Waals surface area (Å²) in [6, 6.07) is 2.77. The molecule has 2 aromatic rings. The standard InChI is InChI=1S/C11H5F4NO3/c12-10(13)6-2-7(17)4-1-8-9(3-5(4)16-6)19-11(14,15)18-8/h1-3,10H,(H,16,17). The van der Waals surface area contributed by atoms with Gasteiger partial charge < -0.3 is 14.5 Å². The lowest BCUT2D eigenvalue weighted by atomic mass is 10.1. The first-order valence-electron chi connectivity index (χ1n) is 5.11. The zero-order chi connectivity index (χ0) is 13.8. The van der Waals surface area contributed by atoms with E-state index < -0.39 is 23.8 Å². The Morgan fingerprint density at radius 3 is 2.37 bits per heavy atom. The topological polar surface area (TPSA) is 51.3 Å². The Kier molecular flexibility index (Phi) is 2.25. The van der Waals surface area contributed by atoms with Gasteiger partial charge in [-0.3, -0.25) is 4.79 Å². The van der Waals surface area contributed by atoms with Gasteiger partial charge >= 0.3 is 6.29 Å². The van der Waals surface area contributed by atoms with Crippen LogP contribution in [0.15, 0.2) is 23.0 Å². The van der Waals surface area contributed by atoms with Crippen molar-refractivity contribution in [2.45, 2.75) is 12.7 Å². The minimum Gasteiger partial charge on any atom is -0.395 e. The van der Waals surface area contributed by atoms with Crippen LogP contribution in [-0.2, 0) is 0 Å². The van der Waals surface area contributed by atoms with Crippen LogP contribution >= 0.6 is 0 Å². The molecule has 1 aliphatic heterocycles. The molecule has 100 valence electrons. The average molecular weight is 275 g/mol. The van der Waals surface area contributed by atoms with Crippen molar-refractivity contribution in [1.29, 1.82) is 0 Å². The van der Waals surface area contributed by atoms with Gasteiger partial charge in [0.05, 0.1) is 11.2 Å². The number of ether oxygens (including phenoxy) is 2. The first-order valence-corrected chi connectivity index (χ1v) is 5.11. The molecule has 0 unspecified atom stereocenters. The second kappa shape index (κ2) is 3.62. The Balaban J connectivity index is 2.24. The molecule has 1 aromatic heterocycles. The quantitative estimate of drug-likeness (QED) is 0.814. The molecule has 3 rings (SSSR count). The Labute approximate surface area is 102 Å². The van der Waals surface area contributed by atoms with E-state index in [1.807, 2.05) is 0 Å². The summed E-state index contributed by atoms with van der Waals surface area (Å²) in [5.74, 6) is -0.632. The highest BCUT2D eigenvalue weighted by Crippen LogP contribution is 2.42. The third-order valence-corrected chi connectivity index (χ3v) is 2.61. The van der Waals surface area contributed by atoms with Crippen LogP contribution in [0.4, 0.5) is 17.6 Å². The highest BCUT2D eigenvalue weighted by atomic mass is 19.3. The minimum atomic E-state index is -3.83. The van der Waals surface area contributed by atoms with Crippen LogP contribution < -0.4 is 14.9 Å². The van der Waals surface area contributed by atoms with Gasteiger partial charge in [-0.2, -0.15) is 0 Å². The molecule has 0 saturated heterocycles. The number of benzene rings is 1. The van der Waals surface area contributed by atoms with Crippen molar-refractivity contribution in [3.63, 3.8) is 0 Å². The average Bonchev–Trinajstić information content (AvgIpc) is 2.59. The fraction of sp³-hybridized carbons (Fsp3) is 0.182. The van der Waals surface area contributed by atoms with Crippen LogP contribution in [0, 0.1) is 0 Å². The maximum Gasteiger partial charge on any atom is 0.586 e. The van der Waals surface area contributed by atoms with E-state index in [4.69, 9.17) is 0 Å². The van der Waals surface area contributed by atoms with Crippen molar-refractivity contribution >= 4 is 10.9 Å². The van der Waals surface area contributed by atoms with Gasteiger partial charge in [0.15, 0.2) is 16.9 Å². The largest absolute Gasteiger partial charge is 0.586 e. The van der Waals surface area contributed by atoms with E-state index in [-0.39, 0.29) is 22.4 Å². The molecule has 1 aromatic carbocycles. The second-order valence-corrected chi connectivity index (χ2v) is 3.90. The van der Waals surface area contributed by atoms with E-state index in [0.717, 1.165) is 12.1 Å². The third kappa shape index (κ3) is 1.88. The Hall–Kier alpha value is -2.25. The molecule has 8 heteroatoms. The van der Waals surface area contributed by atoms with Crippen LogP contribution in [0.3, 0.4) is 0 Å². The first kappa shape index (κ1) is 11.8. The van der Waals surface area contributed by atoms with Gasteiger partial charge in [0, 0.05) is 17.5 Å². The number of nitrogens with one attached hydrogen (secondary N) is 1. The smallest absolute Gasteiger partial charge is 0.395 e. The first-order chi connectivity index (χ1) is 8.85. The summed E-state index contributed by atoms with van der Waals surface area (Å²) in [5.41, 5.74) is -1.34. The zero-order valence-electron chi connectivity index (χ0n) is 9.05. The lowest BCUT2D eigenvalue weighted by molar-refractivity contribution is -0.286. The maximum absolute atomic E-state index is 12.8. The number of alkyl halides is 4. The van der Waals surface area contributed by atoms with Crippen LogP contribution in [0.5, 0.6) is 11.5 Å². The van der Waals surface area contributed by atoms with Crippen LogP contribution in [0.2, 0.25) is 0 Å². The fourth-order valence-electron chi connectivity index (χ4n) is 1.83. The predicted octanol–water partition coefficient (Wildman–Crippen LogP) is 2.79. The van der Waals surface area contributed by atoms with Gasteiger partial charge in [0.2, 0.25) is 0 Å². The fourth-order valence-corrected chi connectivity index (χ4v) is 1.83. The number of aromatic amines is 1. The Morgan fingerprint density at radius 1 is 1.11 bits per heavy atom. The number of hydrogen-bond donors (Lipinski definition) is 1. The SMILES string of the molecule is O=c1cc(C(F)F)[nH]c2cc3c(cc12)OC(F)(F)O3. The van der Waals surface area contributed by atoms with Gasteiger partial charge in [-0.05, 0) is 6.07 Å². The van der Waals surface area contributed by atoms with Crippen LogP contribution in [0.25, 0.3) is 10.9 Å². The Morgan fingerprint density at radius 2 is 1.74 bits per heavy atom. The highest BCUT2D eigenvalue weighted by Gasteiger charge is 2.43. The number of rotatable bonds is 1. The molecule has 0 spiro atoms. The number of hydrogen-bond acceptors (Lipinski definition) is 3. The second-order valence-electron chi connectivity index (χ2n) is 3.90. The lowest BCUT2D eigenvalue weighted by Crippen LogP contribution is -2.25. The monoisotopic (exact) mass is 275 g/mol. The number of fused-ring (bicyclic) bond motifs is 2. The van der Waals surface area contributed by atoms with E-state index in [0.29, 0.717) is 6.07 Å². The van der Waals surface area contributed by atoms with Gasteiger partial charge in [0.25, 0.3) is 6.43 Å². The van der Waals surface area contributed by atoms with Gasteiger partial charge in [-0.15, -0.1) is 8.78 Å². The number of H-pyrrole nitrogens is 1. The summed E-state index contributed by atoms with van der Waals surface area (Å²) < 4.78 is 59.1. The summed E-state index contributed by atoms with van der Waals surface area (Å²) in [7, 11) is 0. The lowest BCUT2D eigenvalue weighted by Gasteiger charge is -2.04. The molecule has 0 saturated carbocycles. The van der Waals surface area contributed by atoms with Crippen molar-refractivity contribution in [2.75, 3.05) is 0 Å². The highest BCUT2D eigenvalue weighted by molar-refractivity contribution is 5.83. The molecule has 2 heterocycles. The molecule has 19 heavy (non-hydrogen) atoms. The molecule has 0 radical (unpaired) electrons. The minimum absolute atomic E-state index is 0.0251. The molecular weight excluding hydrogens is 270 g/mol. The van der Waals surface area contributed by atoms with E-state index in [2.05, 4.69) is 14.5 Å². The molecule has 0 aliphatic carbocycles. The van der Waals surface area contributed by atoms with Crippen LogP contribution in [0.1, 0.15) is 12.1 Å². The predicted molar refractivity (Wildman–Crippen MR) is 55.7 cm³/mol. The Bertz CT molecular complexity index is 726. The van der Waals surface area contributed by atoms with E-state index in [1.165, 1.54) is 0 Å². The molecule has 0 amide bonds. The number of halogens is 4. The molecule has 0 bridgehead atoms. The summed E-state index contributed by atoms with van der Waals surface area (Å²) in [6.45, 7) is 0. The molecule has 1 N–H and O–H groups in total. The van der Waals surface area contributed by atoms with Gasteiger partial charge in [-0.25, -0.2) is 8.78 Å². The van der Waals surface area contributed by atoms with E-state index >= 15 is 0 Å². The van der Waals surface area contributed by atoms with Gasteiger partial charge in [-0.1, -0.05) is 0 Å². The number of aromatic nitrogens is 1. The van der Waals surface area contributed by atoms with Crippen molar-refractivity contribution in [1.82, 2.24) is 4.98 Å².